The van der Waals surface area contributed by atoms with E-state index in [0.717, 1.165) is 42.5 Å². The summed E-state index contributed by atoms with van der Waals surface area (Å²) in [5.41, 5.74) is 4.52. The minimum Gasteiger partial charge on any atom is -0.444 e. The van der Waals surface area contributed by atoms with Gasteiger partial charge >= 0.3 is 0 Å². The summed E-state index contributed by atoms with van der Waals surface area (Å²) >= 11 is 0. The van der Waals surface area contributed by atoms with Gasteiger partial charge in [0.25, 0.3) is 0 Å². The van der Waals surface area contributed by atoms with Crippen LogP contribution in [0.25, 0.3) is 0 Å². The second-order valence-electron chi connectivity index (χ2n) is 6.00. The van der Waals surface area contributed by atoms with E-state index in [9.17, 15) is 0 Å². The number of aliphatic imine (C=N–C) groups is 1. The first-order valence-electron chi connectivity index (χ1n) is 8.98. The van der Waals surface area contributed by atoms with E-state index in [0.29, 0.717) is 19.0 Å². The summed E-state index contributed by atoms with van der Waals surface area (Å²) in [5, 5.41) is 11.2. The molecule has 138 valence electrons. The molecular formula is C18H30N6O. The first-order chi connectivity index (χ1) is 12.0. The van der Waals surface area contributed by atoms with Crippen LogP contribution < -0.4 is 10.6 Å². The summed E-state index contributed by atoms with van der Waals surface area (Å²) in [6, 6.07) is 0. The lowest BCUT2D eigenvalue weighted by Gasteiger charge is -2.10. The van der Waals surface area contributed by atoms with Crippen LogP contribution in [0.2, 0.25) is 0 Å². The quantitative estimate of drug-likeness (QED) is 0.594. The number of hydrogen-bond acceptors (Lipinski definition) is 4. The number of nitrogens with zero attached hydrogens (tertiary/aromatic N) is 4. The van der Waals surface area contributed by atoms with Crippen molar-refractivity contribution in [3.05, 3.63) is 34.3 Å². The molecule has 2 rings (SSSR count). The summed E-state index contributed by atoms with van der Waals surface area (Å²) in [6.45, 7) is 12.1. The largest absolute Gasteiger partial charge is 0.444 e. The Morgan fingerprint density at radius 2 is 1.92 bits per heavy atom. The molecule has 0 spiro atoms. The number of rotatable bonds is 7. The van der Waals surface area contributed by atoms with E-state index in [2.05, 4.69) is 41.5 Å². The molecule has 0 atom stereocenters. The molecule has 7 nitrogen and oxygen atoms in total. The van der Waals surface area contributed by atoms with E-state index >= 15 is 0 Å². The highest BCUT2D eigenvalue weighted by Gasteiger charge is 2.13. The predicted octanol–water partition coefficient (Wildman–Crippen LogP) is 2.41. The molecule has 25 heavy (non-hydrogen) atoms. The highest BCUT2D eigenvalue weighted by atomic mass is 16.4. The Labute approximate surface area is 149 Å². The fraction of sp³-hybridized carbons (Fsp3) is 0.611. The third kappa shape index (κ3) is 4.61. The van der Waals surface area contributed by atoms with Gasteiger partial charge in [-0.25, -0.2) is 9.98 Å². The summed E-state index contributed by atoms with van der Waals surface area (Å²) in [6.07, 6.45) is 1.87. The average Bonchev–Trinajstić information content (AvgIpc) is 3.08. The van der Waals surface area contributed by atoms with Crippen molar-refractivity contribution in [2.24, 2.45) is 12.0 Å². The molecule has 0 unspecified atom stereocenters. The second-order valence-corrected chi connectivity index (χ2v) is 6.00. The molecule has 7 heteroatoms. The third-order valence-corrected chi connectivity index (χ3v) is 4.25. The summed E-state index contributed by atoms with van der Waals surface area (Å²) in [5.74, 6) is 2.28. The minimum absolute atomic E-state index is 0.509. The molecule has 0 saturated heterocycles. The van der Waals surface area contributed by atoms with Gasteiger partial charge in [-0.3, -0.25) is 4.68 Å². The Morgan fingerprint density at radius 1 is 1.16 bits per heavy atom. The molecule has 0 bridgehead atoms. The number of oxazole rings is 1. The van der Waals surface area contributed by atoms with Crippen LogP contribution in [0, 0.1) is 13.8 Å². The number of guanidine groups is 1. The lowest BCUT2D eigenvalue weighted by atomic mass is 10.1. The van der Waals surface area contributed by atoms with Crippen molar-refractivity contribution >= 4 is 5.96 Å². The molecule has 2 aromatic rings. The van der Waals surface area contributed by atoms with Gasteiger partial charge in [-0.05, 0) is 33.6 Å². The van der Waals surface area contributed by atoms with Gasteiger partial charge in [0.1, 0.15) is 5.76 Å². The Balaban J connectivity index is 2.11. The highest BCUT2D eigenvalue weighted by Crippen LogP contribution is 2.16. The molecule has 2 aromatic heterocycles. The van der Waals surface area contributed by atoms with Crippen LogP contribution in [0.4, 0.5) is 0 Å². The van der Waals surface area contributed by atoms with Crippen molar-refractivity contribution in [3.8, 4) is 0 Å². The fourth-order valence-corrected chi connectivity index (χ4v) is 2.85. The molecule has 0 saturated carbocycles. The lowest BCUT2D eigenvalue weighted by molar-refractivity contribution is 0.463. The lowest BCUT2D eigenvalue weighted by Crippen LogP contribution is -2.36. The molecule has 2 N–H and O–H groups in total. The van der Waals surface area contributed by atoms with Gasteiger partial charge in [0, 0.05) is 24.8 Å². The zero-order valence-electron chi connectivity index (χ0n) is 16.2. The Kier molecular flexibility index (Phi) is 6.61. The van der Waals surface area contributed by atoms with Gasteiger partial charge in [0.05, 0.1) is 24.5 Å². The Morgan fingerprint density at radius 3 is 2.48 bits per heavy atom. The minimum atomic E-state index is 0.509. The van der Waals surface area contributed by atoms with Gasteiger partial charge in [-0.2, -0.15) is 5.10 Å². The fourth-order valence-electron chi connectivity index (χ4n) is 2.85. The van der Waals surface area contributed by atoms with Crippen molar-refractivity contribution in [3.63, 3.8) is 0 Å². The van der Waals surface area contributed by atoms with E-state index < -0.39 is 0 Å². The van der Waals surface area contributed by atoms with Crippen molar-refractivity contribution in [2.45, 2.75) is 60.5 Å². The molecule has 0 aliphatic heterocycles. The summed E-state index contributed by atoms with van der Waals surface area (Å²) < 4.78 is 7.59. The number of aryl methyl sites for hydroxylation is 4. The zero-order valence-corrected chi connectivity index (χ0v) is 16.2. The van der Waals surface area contributed by atoms with E-state index in [1.807, 2.05) is 25.6 Å². The maximum Gasteiger partial charge on any atom is 0.214 e. The van der Waals surface area contributed by atoms with Crippen molar-refractivity contribution < 1.29 is 4.42 Å². The van der Waals surface area contributed by atoms with Crippen LogP contribution in [0.15, 0.2) is 9.41 Å². The molecular weight excluding hydrogens is 316 g/mol. The number of hydrogen-bond donors (Lipinski definition) is 2. The first kappa shape index (κ1) is 19.0. The Hall–Kier alpha value is -2.31. The number of aromatic nitrogens is 3. The predicted molar refractivity (Wildman–Crippen MR) is 99.6 cm³/mol. The van der Waals surface area contributed by atoms with Crippen LogP contribution in [-0.4, -0.2) is 27.3 Å². The van der Waals surface area contributed by atoms with Crippen LogP contribution >= 0.6 is 0 Å². The zero-order chi connectivity index (χ0) is 18.4. The maximum absolute atomic E-state index is 5.61. The average molecular weight is 346 g/mol. The maximum atomic E-state index is 5.61. The van der Waals surface area contributed by atoms with Crippen LogP contribution in [0.1, 0.15) is 55.1 Å². The van der Waals surface area contributed by atoms with Gasteiger partial charge in [0.15, 0.2) is 5.96 Å². The van der Waals surface area contributed by atoms with E-state index in [-0.39, 0.29) is 0 Å². The van der Waals surface area contributed by atoms with Crippen molar-refractivity contribution in [1.29, 1.82) is 0 Å². The molecule has 0 fully saturated rings. The van der Waals surface area contributed by atoms with Gasteiger partial charge in [0.2, 0.25) is 5.89 Å². The molecule has 0 aromatic carbocycles. The Bertz CT molecular complexity index is 709. The monoisotopic (exact) mass is 346 g/mol. The van der Waals surface area contributed by atoms with Crippen LogP contribution in [0.5, 0.6) is 0 Å². The topological polar surface area (TPSA) is 80.3 Å². The third-order valence-electron chi connectivity index (χ3n) is 4.25. The van der Waals surface area contributed by atoms with Gasteiger partial charge < -0.3 is 15.1 Å². The van der Waals surface area contributed by atoms with E-state index in [4.69, 9.17) is 9.41 Å². The molecule has 0 radical (unpaired) electrons. The SMILES string of the molecule is CCNC(=NCc1c(CC)nn(C)c1CC)NCc1nc(C)c(C)o1. The molecule has 0 aliphatic rings. The van der Waals surface area contributed by atoms with Gasteiger partial charge in [-0.1, -0.05) is 13.8 Å². The first-order valence-corrected chi connectivity index (χ1v) is 8.98. The smallest absolute Gasteiger partial charge is 0.214 e. The molecule has 0 amide bonds. The standard InChI is InChI=1S/C18H30N6O/c1-7-15-14(16(8-2)24(6)23-15)10-20-18(19-9-3)21-11-17-22-12(4)13(5)25-17/h7-11H2,1-6H3,(H2,19,20,21). The summed E-state index contributed by atoms with van der Waals surface area (Å²) in [4.78, 5) is 9.12. The van der Waals surface area contributed by atoms with Gasteiger partial charge in [-0.15, -0.1) is 0 Å². The van der Waals surface area contributed by atoms with E-state index in [1.165, 1.54) is 11.3 Å². The molecule has 0 aliphatic carbocycles. The van der Waals surface area contributed by atoms with Crippen molar-refractivity contribution in [2.75, 3.05) is 6.54 Å². The van der Waals surface area contributed by atoms with Crippen molar-refractivity contribution in [1.82, 2.24) is 25.4 Å². The summed E-state index contributed by atoms with van der Waals surface area (Å²) in [7, 11) is 2.00. The van der Waals surface area contributed by atoms with Crippen LogP contribution in [0.3, 0.4) is 0 Å². The van der Waals surface area contributed by atoms with E-state index in [1.54, 1.807) is 0 Å². The normalized spacial score (nSPS) is 11.8. The highest BCUT2D eigenvalue weighted by molar-refractivity contribution is 5.79. The molecule has 2 heterocycles. The number of nitrogens with one attached hydrogen (secondary N) is 2. The second kappa shape index (κ2) is 8.69. The van der Waals surface area contributed by atoms with Crippen LogP contribution in [-0.2, 0) is 33.0 Å².